The number of aromatic nitrogens is 2. The molecule has 438 valence electrons. The van der Waals surface area contributed by atoms with Crippen molar-refractivity contribution in [3.8, 4) is 12.3 Å². The molecule has 0 radical (unpaired) electrons. The molecule has 0 spiro atoms. The molecule has 1 fully saturated rings. The Balaban J connectivity index is 0.0000123. The Bertz CT molecular complexity index is 3110. The van der Waals surface area contributed by atoms with Gasteiger partial charge in [0.1, 0.15) is 0 Å². The number of fused-ring (bicyclic) bond motifs is 1. The number of Topliss-reactive ketones (excluding diaryl/α,β-unsaturated/α-hetero) is 1. The summed E-state index contributed by atoms with van der Waals surface area (Å²) in [5.74, 6) is -0.325. The van der Waals surface area contributed by atoms with E-state index in [2.05, 4.69) is 48.1 Å². The first-order valence-electron chi connectivity index (χ1n) is 27.1. The van der Waals surface area contributed by atoms with Gasteiger partial charge in [0.15, 0.2) is 24.7 Å². The van der Waals surface area contributed by atoms with E-state index in [4.69, 9.17) is 26.4 Å². The molecule has 7 N–H and O–H groups in total. The number of amides is 7. The molecule has 0 bridgehead atoms. The Morgan fingerprint density at radius 2 is 1.61 bits per heavy atom. The number of halogens is 1. The summed E-state index contributed by atoms with van der Waals surface area (Å²) >= 11 is 3.67. The fourth-order valence-corrected chi connectivity index (χ4v) is 9.73. The summed E-state index contributed by atoms with van der Waals surface area (Å²) in [6.45, 7) is 10.5. The number of anilines is 2. The van der Waals surface area contributed by atoms with Crippen LogP contribution in [-0.2, 0) is 57.8 Å². The van der Waals surface area contributed by atoms with Crippen molar-refractivity contribution < 1.29 is 52.3 Å². The van der Waals surface area contributed by atoms with E-state index in [-0.39, 0.29) is 145 Å². The number of benzene rings is 3. The van der Waals surface area contributed by atoms with Crippen LogP contribution in [0.4, 0.5) is 16.2 Å². The minimum absolute atomic E-state index is 0. The van der Waals surface area contributed by atoms with Crippen molar-refractivity contribution in [3.63, 3.8) is 0 Å². The zero-order chi connectivity index (χ0) is 58.4. The number of likely N-dealkylation sites (tertiary alicyclic amines) is 1. The molecule has 20 nitrogen and oxygen atoms in total. The Morgan fingerprint density at radius 1 is 0.915 bits per heavy atom. The highest BCUT2D eigenvalue weighted by molar-refractivity contribution is 9.10. The number of H-pyrrole nitrogens is 1. The highest BCUT2D eigenvalue weighted by Gasteiger charge is 2.35. The van der Waals surface area contributed by atoms with Crippen molar-refractivity contribution in [2.24, 2.45) is 23.5 Å². The average Bonchev–Trinajstić information content (AvgIpc) is 3.71. The van der Waals surface area contributed by atoms with Crippen LogP contribution in [0.2, 0.25) is 0 Å². The molecule has 1 unspecified atom stereocenters. The molecule has 3 heterocycles. The molecule has 82 heavy (non-hydrogen) atoms. The number of carbonyl (C=O) groups excluding carboxylic acids is 7. The van der Waals surface area contributed by atoms with Gasteiger partial charge in [-0.25, -0.2) is 9.36 Å². The van der Waals surface area contributed by atoms with Crippen LogP contribution in [0.25, 0.3) is 10.8 Å². The zero-order valence-electron chi connectivity index (χ0n) is 47.4. The summed E-state index contributed by atoms with van der Waals surface area (Å²) < 4.78 is 19.4. The van der Waals surface area contributed by atoms with Gasteiger partial charge >= 0.3 is 6.03 Å². The van der Waals surface area contributed by atoms with Crippen LogP contribution in [0.15, 0.2) is 101 Å². The number of imide groups is 1. The van der Waals surface area contributed by atoms with Crippen molar-refractivity contribution in [1.82, 2.24) is 25.8 Å². The van der Waals surface area contributed by atoms with E-state index in [1.165, 1.54) is 4.90 Å². The number of aromatic amines is 1. The summed E-state index contributed by atoms with van der Waals surface area (Å²) in [5, 5.41) is 12.7. The van der Waals surface area contributed by atoms with E-state index in [0.29, 0.717) is 42.7 Å². The lowest BCUT2D eigenvalue weighted by Crippen LogP contribution is -2.45. The van der Waals surface area contributed by atoms with Gasteiger partial charge < -0.3 is 58.5 Å². The van der Waals surface area contributed by atoms with Gasteiger partial charge in [0.2, 0.25) is 23.6 Å². The number of carbonyl (C=O) groups is 7. The second kappa shape index (κ2) is 32.6. The number of ketones is 1. The van der Waals surface area contributed by atoms with Crippen molar-refractivity contribution in [2.75, 3.05) is 69.5 Å². The number of ether oxygens (including phenoxy) is 3. The van der Waals surface area contributed by atoms with Crippen LogP contribution >= 0.6 is 15.9 Å². The lowest BCUT2D eigenvalue weighted by atomic mass is 9.89. The predicted molar refractivity (Wildman–Crippen MR) is 316 cm³/mol. The van der Waals surface area contributed by atoms with Crippen LogP contribution in [0.5, 0.6) is 0 Å². The van der Waals surface area contributed by atoms with E-state index < -0.39 is 18.0 Å². The summed E-state index contributed by atoms with van der Waals surface area (Å²) in [6, 6.07) is 22.5. The number of primary amides is 1. The number of pyridine rings is 2. The standard InChI is InChI=1S/C60H72BrN9O11.CH3/c1-6-21-69(38-47-32-50-46(33-51(47)61)31-41(5)65-58(50)76)49-17-13-44(14-18-49)56(74)64-35-43-9-8-22-68(37-43)36-42-11-15-48(16-12-42)66-57(75)45(10-7-20-63-60(62)78)34-52(71)55(39(2)3)67-53(72)19-24-79-26-28-81-29-27-80-25-23-70-54(73)30-40(4)59(70)77;/h1,8-9,11-18,22,31-33,37,39-40,45,55H,7,10,19-21,23-30,34-36,38H2,2-5H3,(H6-,62,63,64,65,66,67,72,74,75,76,78);1H3/q;-1/p+1/t40?,45-,55+;/m1./s1. The number of nitrogens with one attached hydrogen (secondary N) is 5. The fraction of sp³-hybridized carbons (Fsp3) is 0.410. The fourth-order valence-electron chi connectivity index (χ4n) is 9.24. The van der Waals surface area contributed by atoms with E-state index in [1.54, 1.807) is 31.2 Å². The molecule has 0 saturated carbocycles. The van der Waals surface area contributed by atoms with Gasteiger partial charge in [-0.05, 0) is 97.3 Å². The number of hydrogen-bond donors (Lipinski definition) is 6. The zero-order valence-corrected chi connectivity index (χ0v) is 48.9. The number of urea groups is 1. The van der Waals surface area contributed by atoms with E-state index in [9.17, 15) is 38.4 Å². The third kappa shape index (κ3) is 20.0. The number of nitrogens with zero attached hydrogens (tertiary/aromatic N) is 3. The van der Waals surface area contributed by atoms with Gasteiger partial charge in [-0.1, -0.05) is 54.8 Å². The van der Waals surface area contributed by atoms with Crippen LogP contribution in [0.1, 0.15) is 85.6 Å². The van der Waals surface area contributed by atoms with E-state index >= 15 is 0 Å². The van der Waals surface area contributed by atoms with Crippen LogP contribution in [0.3, 0.4) is 0 Å². The Kier molecular flexibility index (Phi) is 25.9. The highest BCUT2D eigenvalue weighted by atomic mass is 79.9. The van der Waals surface area contributed by atoms with Gasteiger partial charge in [-0.2, -0.15) is 0 Å². The van der Waals surface area contributed by atoms with E-state index in [1.807, 2.05) is 97.2 Å². The molecule has 21 heteroatoms. The molecule has 5 aromatic rings. The van der Waals surface area contributed by atoms with Gasteiger partial charge in [0.25, 0.3) is 11.5 Å². The summed E-state index contributed by atoms with van der Waals surface area (Å²) in [4.78, 5) is 108. The first-order valence-corrected chi connectivity index (χ1v) is 27.9. The van der Waals surface area contributed by atoms with Gasteiger partial charge in [0, 0.05) is 100 Å². The molecule has 7 amide bonds. The number of rotatable bonds is 32. The first kappa shape index (κ1) is 65.0. The number of terminal acetylenes is 1. The monoisotopic (exact) mass is 1190 g/mol. The Labute approximate surface area is 487 Å². The number of hydrogen-bond acceptors (Lipinski definition) is 12. The third-order valence-corrected chi connectivity index (χ3v) is 14.3. The molecule has 1 saturated heterocycles. The summed E-state index contributed by atoms with van der Waals surface area (Å²) in [5.41, 5.74) is 10.4. The number of aryl methyl sites for hydroxylation is 1. The van der Waals surface area contributed by atoms with Gasteiger partial charge in [-0.3, -0.25) is 38.5 Å². The quantitative estimate of drug-likeness (QED) is 0.00968. The second-order valence-electron chi connectivity index (χ2n) is 20.3. The molecule has 6 rings (SSSR count). The minimum atomic E-state index is -0.858. The molecule has 0 aliphatic carbocycles. The second-order valence-corrected chi connectivity index (χ2v) is 21.2. The van der Waals surface area contributed by atoms with E-state index in [0.717, 1.165) is 37.9 Å². The minimum Gasteiger partial charge on any atom is -0.379 e. The van der Waals surface area contributed by atoms with Crippen LogP contribution in [-0.4, -0.2) is 117 Å². The topological polar surface area (TPSA) is 265 Å². The molecular weight excluding hydrogens is 1110 g/mol. The average molecular weight is 1190 g/mol. The molecule has 1 aliphatic heterocycles. The molecular formula is C61H76BrN9O11. The highest BCUT2D eigenvalue weighted by Crippen LogP contribution is 2.27. The smallest absolute Gasteiger partial charge is 0.312 e. The molecule has 3 atom stereocenters. The molecule has 2 aromatic heterocycles. The van der Waals surface area contributed by atoms with Crippen molar-refractivity contribution >= 4 is 79.4 Å². The largest absolute Gasteiger partial charge is 0.379 e. The third-order valence-electron chi connectivity index (χ3n) is 13.6. The Morgan fingerprint density at radius 3 is 2.27 bits per heavy atom. The van der Waals surface area contributed by atoms with Crippen LogP contribution < -0.4 is 42.0 Å². The van der Waals surface area contributed by atoms with Gasteiger partial charge in [-0.15, -0.1) is 6.42 Å². The Hall–Kier alpha value is -7.77. The molecule has 1 aliphatic rings. The van der Waals surface area contributed by atoms with Crippen molar-refractivity contribution in [2.45, 2.75) is 85.5 Å². The van der Waals surface area contributed by atoms with Crippen molar-refractivity contribution in [1.29, 1.82) is 0 Å². The first-order chi connectivity index (χ1) is 38.9. The van der Waals surface area contributed by atoms with Crippen LogP contribution in [0, 0.1) is 44.4 Å². The lowest BCUT2D eigenvalue weighted by Gasteiger charge is -2.24. The predicted octanol–water partition coefficient (Wildman–Crippen LogP) is 5.89. The van der Waals surface area contributed by atoms with Crippen molar-refractivity contribution in [3.05, 3.63) is 141 Å². The maximum Gasteiger partial charge on any atom is 0.312 e. The number of nitrogens with two attached hydrogens (primary N) is 1. The lowest BCUT2D eigenvalue weighted by molar-refractivity contribution is -0.688. The molecule has 3 aromatic carbocycles. The summed E-state index contributed by atoms with van der Waals surface area (Å²) in [7, 11) is 0. The maximum absolute atomic E-state index is 13.8. The normalized spacial score (nSPS) is 13.7. The maximum atomic E-state index is 13.8. The van der Waals surface area contributed by atoms with Gasteiger partial charge in [0.05, 0.1) is 58.8 Å². The summed E-state index contributed by atoms with van der Waals surface area (Å²) in [6.07, 6.45) is 10.3. The SMILES string of the molecule is C#CCN(Cc1cc2c(=O)[nH]c(C)cc2cc1Br)c1ccc(C(=O)NCc2ccc[n+](Cc3ccc(NC(=O)[C@H](CCCNC(N)=O)CC(=O)[C@@H](NC(=O)CCOCCOCCOCCN4C(=O)CC(C)C4=O)C(C)C)cc3)c2)cc1.[CH3-].